The van der Waals surface area contributed by atoms with E-state index in [2.05, 4.69) is 39.7 Å². The van der Waals surface area contributed by atoms with Crippen LogP contribution >= 0.6 is 0 Å². The molecule has 1 aliphatic rings. The van der Waals surface area contributed by atoms with Gasteiger partial charge in [-0.2, -0.15) is 13.2 Å². The van der Waals surface area contributed by atoms with Crippen molar-refractivity contribution in [2.75, 3.05) is 44.4 Å². The number of amides is 1. The zero-order chi connectivity index (χ0) is 25.7. The summed E-state index contributed by atoms with van der Waals surface area (Å²) in [7, 11) is 3.67. The number of nitrogens with one attached hydrogen (secondary N) is 3. The number of rotatable bonds is 6. The molecule has 3 N–H and O–H groups in total. The van der Waals surface area contributed by atoms with Gasteiger partial charge in [-0.1, -0.05) is 11.8 Å². The number of piperidine rings is 1. The molecule has 0 radical (unpaired) electrons. The second kappa shape index (κ2) is 11.0. The molecule has 36 heavy (non-hydrogen) atoms. The minimum absolute atomic E-state index is 0.156. The first kappa shape index (κ1) is 25.5. The topological polar surface area (TPSA) is 61.3 Å². The minimum Gasteiger partial charge on any atom is -0.382 e. The smallest absolute Gasteiger partial charge is 0.382 e. The summed E-state index contributed by atoms with van der Waals surface area (Å²) in [6.45, 7) is 1.25. The summed E-state index contributed by atoms with van der Waals surface area (Å²) in [5, 5.41) is 10.1. The second-order valence-electron chi connectivity index (χ2n) is 9.05. The molecule has 3 aromatic rings. The fourth-order valence-corrected chi connectivity index (χ4v) is 4.37. The zero-order valence-electron chi connectivity index (χ0n) is 20.4. The Hall–Kier alpha value is -3.64. The maximum absolute atomic E-state index is 13.2. The van der Waals surface area contributed by atoms with Gasteiger partial charge >= 0.3 is 6.18 Å². The molecular weight excluding hydrogens is 467 g/mol. The lowest BCUT2D eigenvalue weighted by molar-refractivity contribution is -0.139. The fraction of sp³-hybridized carbons (Fsp3) is 0.370. The fourth-order valence-electron chi connectivity index (χ4n) is 4.37. The highest BCUT2D eigenvalue weighted by Gasteiger charge is 2.28. The van der Waals surface area contributed by atoms with Crippen LogP contribution in [-0.2, 0) is 6.54 Å². The normalized spacial score (nSPS) is 14.8. The predicted molar refractivity (Wildman–Crippen MR) is 137 cm³/mol. The first-order chi connectivity index (χ1) is 17.2. The van der Waals surface area contributed by atoms with Crippen molar-refractivity contribution in [3.05, 3.63) is 59.8 Å². The molecule has 0 atom stereocenters. The Morgan fingerprint density at radius 3 is 2.50 bits per heavy atom. The Labute approximate surface area is 208 Å². The number of anilines is 2. The predicted octanol–water partition coefficient (Wildman–Crippen LogP) is 4.53. The van der Waals surface area contributed by atoms with Gasteiger partial charge in [-0.05, 0) is 75.4 Å². The molecule has 190 valence electrons. The molecule has 2 heterocycles. The number of benzene rings is 2. The number of carbonyl (C=O) groups excluding carboxylic acids is 1. The second-order valence-corrected chi connectivity index (χ2v) is 9.05. The molecule has 0 aliphatic carbocycles. The van der Waals surface area contributed by atoms with Gasteiger partial charge < -0.3 is 25.4 Å². The number of nitrogens with zero attached hydrogens (tertiary/aromatic N) is 2. The van der Waals surface area contributed by atoms with Gasteiger partial charge in [-0.25, -0.2) is 0 Å². The lowest BCUT2D eigenvalue weighted by atomic mass is 10.0. The van der Waals surface area contributed by atoms with Gasteiger partial charge in [-0.15, -0.1) is 0 Å². The molecular formula is C27H30F3N5O. The summed E-state index contributed by atoms with van der Waals surface area (Å²) in [5.41, 5.74) is 3.35. The number of fused-ring (bicyclic) bond motifs is 1. The van der Waals surface area contributed by atoms with E-state index in [9.17, 15) is 18.0 Å². The molecule has 1 saturated heterocycles. The Balaban J connectivity index is 1.53. The van der Waals surface area contributed by atoms with E-state index in [1.165, 1.54) is 10.8 Å². The molecule has 1 amide bonds. The minimum atomic E-state index is -4.31. The third kappa shape index (κ3) is 6.52. The van der Waals surface area contributed by atoms with Crippen molar-refractivity contribution < 1.29 is 18.0 Å². The third-order valence-corrected chi connectivity index (χ3v) is 6.30. The van der Waals surface area contributed by atoms with Gasteiger partial charge in [0, 0.05) is 47.2 Å². The highest BCUT2D eigenvalue weighted by Crippen LogP contribution is 2.30. The van der Waals surface area contributed by atoms with Crippen molar-refractivity contribution >= 4 is 28.2 Å². The van der Waals surface area contributed by atoms with E-state index in [-0.39, 0.29) is 11.9 Å². The molecule has 2 aromatic carbocycles. The van der Waals surface area contributed by atoms with E-state index >= 15 is 0 Å². The summed E-state index contributed by atoms with van der Waals surface area (Å²) >= 11 is 0. The number of likely N-dealkylation sites (tertiary alicyclic amines) is 1. The van der Waals surface area contributed by atoms with Crippen LogP contribution in [0.15, 0.2) is 48.7 Å². The van der Waals surface area contributed by atoms with E-state index in [1.807, 2.05) is 6.07 Å². The summed E-state index contributed by atoms with van der Waals surface area (Å²) in [6.07, 6.45) is -0.884. The quantitative estimate of drug-likeness (QED) is 0.438. The van der Waals surface area contributed by atoms with Crippen LogP contribution in [0.2, 0.25) is 0 Å². The van der Waals surface area contributed by atoms with Crippen molar-refractivity contribution in [2.24, 2.45) is 0 Å². The van der Waals surface area contributed by atoms with Crippen LogP contribution in [0.25, 0.3) is 10.9 Å². The first-order valence-electron chi connectivity index (χ1n) is 11.9. The molecule has 4 rings (SSSR count). The monoisotopic (exact) mass is 497 g/mol. The van der Waals surface area contributed by atoms with Crippen LogP contribution in [0.3, 0.4) is 0 Å². The maximum Gasteiger partial charge on any atom is 0.406 e. The lowest BCUT2D eigenvalue weighted by Gasteiger charge is -2.30. The van der Waals surface area contributed by atoms with E-state index in [0.717, 1.165) is 42.7 Å². The van der Waals surface area contributed by atoms with Crippen LogP contribution < -0.4 is 16.0 Å². The average molecular weight is 498 g/mol. The summed E-state index contributed by atoms with van der Waals surface area (Å²) in [6, 6.07) is 12.7. The Kier molecular flexibility index (Phi) is 7.75. The average Bonchev–Trinajstić information content (AvgIpc) is 3.24. The number of alkyl halides is 3. The lowest BCUT2D eigenvalue weighted by Crippen LogP contribution is -2.36. The summed E-state index contributed by atoms with van der Waals surface area (Å²) in [5.74, 6) is 5.99. The number of aromatic nitrogens is 1. The van der Waals surface area contributed by atoms with Gasteiger partial charge in [0.15, 0.2) is 0 Å². The molecule has 6 nitrogen and oxygen atoms in total. The zero-order valence-corrected chi connectivity index (χ0v) is 20.4. The molecule has 1 fully saturated rings. The molecule has 0 saturated carbocycles. The van der Waals surface area contributed by atoms with Gasteiger partial charge in [0.25, 0.3) is 5.91 Å². The highest BCUT2D eigenvalue weighted by atomic mass is 19.4. The first-order valence-corrected chi connectivity index (χ1v) is 11.9. The molecule has 0 spiro atoms. The highest BCUT2D eigenvalue weighted by molar-refractivity contribution is 5.94. The summed E-state index contributed by atoms with van der Waals surface area (Å²) in [4.78, 5) is 13.9. The van der Waals surface area contributed by atoms with E-state index < -0.39 is 12.7 Å². The molecule has 0 bridgehead atoms. The van der Waals surface area contributed by atoms with Crippen molar-refractivity contribution in [2.45, 2.75) is 31.6 Å². The van der Waals surface area contributed by atoms with E-state index in [0.29, 0.717) is 23.2 Å². The number of hydrogen-bond acceptors (Lipinski definition) is 4. The van der Waals surface area contributed by atoms with Crippen LogP contribution in [0.1, 0.15) is 28.8 Å². The summed E-state index contributed by atoms with van der Waals surface area (Å²) < 4.78 is 40.7. The molecule has 1 aliphatic heterocycles. The van der Waals surface area contributed by atoms with Gasteiger partial charge in [0.2, 0.25) is 0 Å². The largest absolute Gasteiger partial charge is 0.406 e. The number of carbonyl (C=O) groups is 1. The Morgan fingerprint density at radius 2 is 1.83 bits per heavy atom. The van der Waals surface area contributed by atoms with Crippen LogP contribution in [0.5, 0.6) is 0 Å². The van der Waals surface area contributed by atoms with E-state index in [4.69, 9.17) is 0 Å². The van der Waals surface area contributed by atoms with Gasteiger partial charge in [-0.3, -0.25) is 4.79 Å². The van der Waals surface area contributed by atoms with Crippen molar-refractivity contribution in [1.29, 1.82) is 0 Å². The van der Waals surface area contributed by atoms with E-state index in [1.54, 1.807) is 43.4 Å². The van der Waals surface area contributed by atoms with Crippen LogP contribution in [0.4, 0.5) is 24.5 Å². The number of hydrogen-bond donors (Lipinski definition) is 3. The molecule has 1 aromatic heterocycles. The van der Waals surface area contributed by atoms with Crippen molar-refractivity contribution in [1.82, 2.24) is 14.8 Å². The van der Waals surface area contributed by atoms with Crippen LogP contribution in [-0.4, -0.2) is 61.3 Å². The third-order valence-electron chi connectivity index (χ3n) is 6.30. The maximum atomic E-state index is 13.2. The number of halogens is 3. The Bertz CT molecular complexity index is 1260. The van der Waals surface area contributed by atoms with Crippen LogP contribution in [0, 0.1) is 11.8 Å². The van der Waals surface area contributed by atoms with Crippen molar-refractivity contribution in [3.8, 4) is 11.8 Å². The standard InChI is InChI=1S/C27H30F3N5O/c1-31-26(36)20-5-7-21(8-6-20)32-12-3-4-19-16-24(33-22-9-13-34(2)14-10-22)23-11-15-35(25(23)17-19)18-27(28,29)30/h5-8,11,15-17,22,32-33H,9-10,12-14,18H2,1-2H3,(H,31,36). The molecule has 9 heteroatoms. The Morgan fingerprint density at radius 1 is 1.11 bits per heavy atom. The van der Waals surface area contributed by atoms with Gasteiger partial charge in [0.05, 0.1) is 12.1 Å². The molecule has 0 unspecified atom stereocenters. The van der Waals surface area contributed by atoms with Crippen molar-refractivity contribution in [3.63, 3.8) is 0 Å². The SMILES string of the molecule is CNC(=O)c1ccc(NCC#Cc2cc(NC3CCN(C)CC3)c3ccn(CC(F)(F)F)c3c2)cc1. The van der Waals surface area contributed by atoms with Gasteiger partial charge in [0.1, 0.15) is 6.54 Å².